The molecule has 182 valence electrons. The molecule has 0 fully saturated rings. The van der Waals surface area contributed by atoms with Crippen LogP contribution < -0.4 is 31.9 Å². The molecule has 3 aromatic carbocycles. The highest BCUT2D eigenvalue weighted by molar-refractivity contribution is 6.07. The van der Waals surface area contributed by atoms with Gasteiger partial charge in [-0.25, -0.2) is 0 Å². The first-order valence-electron chi connectivity index (χ1n) is 11.7. The Morgan fingerprint density at radius 2 is 0.917 bits per heavy atom. The third-order valence-corrected chi connectivity index (χ3v) is 5.57. The lowest BCUT2D eigenvalue weighted by molar-refractivity contribution is 0.101. The maximum atomic E-state index is 12.6. The molecule has 3 aromatic rings. The standard InChI is InChI=1S/C26H26N8O2/c35-23(31-19-5-9-21(10-6-19)33-25-27-13-14-28-25)17-1-2-18(4-3-17)24(36)32-20-7-11-22(12-8-20)34-26-29-15-16-30-26/h1-12H,13-16H2,(H,31,35)(H,32,36)(H2,27,28,33)(H2,29,30,34). The van der Waals surface area contributed by atoms with E-state index in [-0.39, 0.29) is 11.8 Å². The van der Waals surface area contributed by atoms with E-state index < -0.39 is 0 Å². The summed E-state index contributed by atoms with van der Waals surface area (Å²) in [5.41, 5.74) is 4.00. The molecule has 0 bridgehead atoms. The molecule has 10 nitrogen and oxygen atoms in total. The van der Waals surface area contributed by atoms with Crippen molar-refractivity contribution in [2.75, 3.05) is 47.4 Å². The minimum absolute atomic E-state index is 0.256. The van der Waals surface area contributed by atoms with Crippen molar-refractivity contribution in [1.29, 1.82) is 0 Å². The normalized spacial score (nSPS) is 14.1. The van der Waals surface area contributed by atoms with Crippen LogP contribution in [0, 0.1) is 0 Å². The van der Waals surface area contributed by atoms with Gasteiger partial charge in [-0.15, -0.1) is 0 Å². The fourth-order valence-electron chi connectivity index (χ4n) is 3.69. The van der Waals surface area contributed by atoms with E-state index in [2.05, 4.69) is 41.9 Å². The van der Waals surface area contributed by atoms with Gasteiger partial charge >= 0.3 is 0 Å². The number of amides is 2. The molecule has 0 atom stereocenters. The third-order valence-electron chi connectivity index (χ3n) is 5.57. The molecule has 2 aliphatic rings. The van der Waals surface area contributed by atoms with Gasteiger partial charge in [-0.2, -0.15) is 0 Å². The highest BCUT2D eigenvalue weighted by atomic mass is 16.2. The van der Waals surface area contributed by atoms with E-state index in [4.69, 9.17) is 0 Å². The van der Waals surface area contributed by atoms with Gasteiger partial charge in [0.25, 0.3) is 11.8 Å². The van der Waals surface area contributed by atoms with Gasteiger partial charge < -0.3 is 31.9 Å². The number of aliphatic imine (C=N–C) groups is 2. The Bertz CT molecular complexity index is 1200. The van der Waals surface area contributed by atoms with Crippen LogP contribution in [-0.4, -0.2) is 49.9 Å². The molecule has 0 aliphatic carbocycles. The van der Waals surface area contributed by atoms with E-state index in [1.54, 1.807) is 24.3 Å². The van der Waals surface area contributed by atoms with E-state index in [9.17, 15) is 9.59 Å². The molecular weight excluding hydrogens is 456 g/mol. The molecule has 0 unspecified atom stereocenters. The minimum atomic E-state index is -0.256. The molecule has 5 rings (SSSR count). The summed E-state index contributed by atoms with van der Waals surface area (Å²) in [6.07, 6.45) is 0. The second-order valence-corrected chi connectivity index (χ2v) is 8.20. The largest absolute Gasteiger partial charge is 0.354 e. The van der Waals surface area contributed by atoms with Crippen molar-refractivity contribution in [2.45, 2.75) is 0 Å². The number of rotatable bonds is 6. The smallest absolute Gasteiger partial charge is 0.255 e. The van der Waals surface area contributed by atoms with E-state index >= 15 is 0 Å². The van der Waals surface area contributed by atoms with Gasteiger partial charge in [-0.05, 0) is 72.8 Å². The van der Waals surface area contributed by atoms with Crippen molar-refractivity contribution in [3.8, 4) is 0 Å². The lowest BCUT2D eigenvalue weighted by Crippen LogP contribution is -2.26. The van der Waals surface area contributed by atoms with Crippen molar-refractivity contribution in [1.82, 2.24) is 10.6 Å². The Balaban J connectivity index is 1.13. The van der Waals surface area contributed by atoms with Crippen LogP contribution in [0.5, 0.6) is 0 Å². The van der Waals surface area contributed by atoms with Gasteiger partial charge in [-0.3, -0.25) is 19.6 Å². The molecule has 2 heterocycles. The molecule has 2 amide bonds. The number of carbonyl (C=O) groups is 2. The van der Waals surface area contributed by atoms with Crippen LogP contribution in [0.2, 0.25) is 0 Å². The molecular formula is C26H26N8O2. The van der Waals surface area contributed by atoms with E-state index in [0.717, 1.165) is 49.5 Å². The number of nitrogens with zero attached hydrogens (tertiary/aromatic N) is 2. The van der Waals surface area contributed by atoms with Crippen molar-refractivity contribution < 1.29 is 9.59 Å². The average Bonchev–Trinajstić information content (AvgIpc) is 3.61. The Kier molecular flexibility index (Phi) is 6.74. The molecule has 0 spiro atoms. The van der Waals surface area contributed by atoms with Crippen molar-refractivity contribution in [2.24, 2.45) is 9.98 Å². The number of guanidine groups is 2. The molecule has 10 heteroatoms. The van der Waals surface area contributed by atoms with Gasteiger partial charge in [0.15, 0.2) is 11.9 Å². The summed E-state index contributed by atoms with van der Waals surface area (Å²) >= 11 is 0. The first-order chi connectivity index (χ1) is 17.6. The molecule has 0 aromatic heterocycles. The fourth-order valence-corrected chi connectivity index (χ4v) is 3.69. The number of anilines is 4. The number of hydrogen-bond donors (Lipinski definition) is 6. The molecule has 6 N–H and O–H groups in total. The average molecular weight is 483 g/mol. The summed E-state index contributed by atoms with van der Waals surface area (Å²) in [7, 11) is 0. The van der Waals surface area contributed by atoms with Crippen LogP contribution in [-0.2, 0) is 0 Å². The van der Waals surface area contributed by atoms with E-state index in [1.807, 2.05) is 48.5 Å². The Hall–Kier alpha value is -4.86. The molecule has 36 heavy (non-hydrogen) atoms. The minimum Gasteiger partial charge on any atom is -0.354 e. The summed E-state index contributed by atoms with van der Waals surface area (Å²) in [6, 6.07) is 21.3. The zero-order chi connectivity index (χ0) is 24.7. The van der Waals surface area contributed by atoms with Crippen LogP contribution in [0.1, 0.15) is 20.7 Å². The highest BCUT2D eigenvalue weighted by Crippen LogP contribution is 2.17. The number of hydrogen-bond acceptors (Lipinski definition) is 8. The topological polar surface area (TPSA) is 131 Å². The van der Waals surface area contributed by atoms with Crippen LogP contribution in [0.15, 0.2) is 82.8 Å². The van der Waals surface area contributed by atoms with Gasteiger partial charge in [0.05, 0.1) is 13.1 Å². The van der Waals surface area contributed by atoms with Crippen molar-refractivity contribution >= 4 is 46.5 Å². The summed E-state index contributed by atoms with van der Waals surface area (Å²) in [5, 5.41) is 18.4. The van der Waals surface area contributed by atoms with Gasteiger partial charge in [0.1, 0.15) is 0 Å². The zero-order valence-corrected chi connectivity index (χ0v) is 19.5. The quantitative estimate of drug-likeness (QED) is 0.320. The second kappa shape index (κ2) is 10.6. The highest BCUT2D eigenvalue weighted by Gasteiger charge is 2.11. The Labute approximate surface area is 208 Å². The fraction of sp³-hybridized carbons (Fsp3) is 0.154. The SMILES string of the molecule is O=C(Nc1ccc(NC2=NCCN2)cc1)c1ccc(C(=O)Nc2ccc(NC3=NCCN3)cc2)cc1. The van der Waals surface area contributed by atoms with Crippen LogP contribution in [0.4, 0.5) is 22.7 Å². The first-order valence-corrected chi connectivity index (χ1v) is 11.7. The second-order valence-electron chi connectivity index (χ2n) is 8.20. The molecule has 0 radical (unpaired) electrons. The van der Waals surface area contributed by atoms with Crippen LogP contribution >= 0.6 is 0 Å². The van der Waals surface area contributed by atoms with Crippen LogP contribution in [0.25, 0.3) is 0 Å². The Morgan fingerprint density at radius 3 is 1.25 bits per heavy atom. The van der Waals surface area contributed by atoms with Gasteiger partial charge in [-0.1, -0.05) is 0 Å². The van der Waals surface area contributed by atoms with E-state index in [0.29, 0.717) is 22.5 Å². The number of benzene rings is 3. The van der Waals surface area contributed by atoms with Crippen molar-refractivity contribution in [3.05, 3.63) is 83.9 Å². The predicted molar refractivity (Wildman–Crippen MR) is 143 cm³/mol. The lowest BCUT2D eigenvalue weighted by atomic mass is 10.1. The maximum Gasteiger partial charge on any atom is 0.255 e. The van der Waals surface area contributed by atoms with Crippen LogP contribution in [0.3, 0.4) is 0 Å². The zero-order valence-electron chi connectivity index (χ0n) is 19.5. The number of nitrogens with one attached hydrogen (secondary N) is 6. The lowest BCUT2D eigenvalue weighted by Gasteiger charge is -2.10. The first kappa shape index (κ1) is 22.9. The maximum absolute atomic E-state index is 12.6. The summed E-state index contributed by atoms with van der Waals surface area (Å²) < 4.78 is 0. The molecule has 0 saturated carbocycles. The molecule has 2 aliphatic heterocycles. The van der Waals surface area contributed by atoms with Crippen molar-refractivity contribution in [3.63, 3.8) is 0 Å². The summed E-state index contributed by atoms with van der Waals surface area (Å²) in [5.74, 6) is 0.984. The number of carbonyl (C=O) groups excluding carboxylic acids is 2. The predicted octanol–water partition coefficient (Wildman–Crippen LogP) is 2.93. The Morgan fingerprint density at radius 1 is 0.556 bits per heavy atom. The van der Waals surface area contributed by atoms with Gasteiger partial charge in [0, 0.05) is 47.0 Å². The van der Waals surface area contributed by atoms with Gasteiger partial charge in [0.2, 0.25) is 0 Å². The molecule has 0 saturated heterocycles. The van der Waals surface area contributed by atoms with E-state index in [1.165, 1.54) is 0 Å². The monoisotopic (exact) mass is 482 g/mol. The summed E-state index contributed by atoms with van der Waals surface area (Å²) in [4.78, 5) is 33.8. The summed E-state index contributed by atoms with van der Waals surface area (Å²) in [6.45, 7) is 3.18. The third kappa shape index (κ3) is 5.79.